The predicted octanol–water partition coefficient (Wildman–Crippen LogP) is 7.17. The van der Waals surface area contributed by atoms with Gasteiger partial charge in [-0.05, 0) is 58.2 Å². The molecule has 39 heavy (non-hydrogen) atoms. The summed E-state index contributed by atoms with van der Waals surface area (Å²) in [5.41, 5.74) is 1.68. The lowest BCUT2D eigenvalue weighted by atomic mass is 9.82. The van der Waals surface area contributed by atoms with Crippen molar-refractivity contribution < 1.29 is 28.8 Å². The van der Waals surface area contributed by atoms with Crippen LogP contribution in [-0.4, -0.2) is 32.4 Å². The number of carbonyl (C=O) groups is 1. The van der Waals surface area contributed by atoms with Gasteiger partial charge in [-0.2, -0.15) is 0 Å². The fourth-order valence-corrected chi connectivity index (χ4v) is 5.51. The van der Waals surface area contributed by atoms with E-state index in [9.17, 15) is 9.90 Å². The molecule has 4 aromatic rings. The highest BCUT2D eigenvalue weighted by atomic mass is 16.5. The summed E-state index contributed by atoms with van der Waals surface area (Å²) in [7, 11) is 4.73. The van der Waals surface area contributed by atoms with Crippen LogP contribution in [0.5, 0.6) is 28.7 Å². The van der Waals surface area contributed by atoms with Crippen molar-refractivity contribution in [2.45, 2.75) is 46.1 Å². The number of nitrogens with one attached hydrogen (secondary N) is 1. The van der Waals surface area contributed by atoms with E-state index >= 15 is 0 Å². The normalized spacial score (nSPS) is 15.1. The summed E-state index contributed by atoms with van der Waals surface area (Å²) in [5.74, 6) is 1.59. The number of benzene rings is 4. The third-order valence-corrected chi connectivity index (χ3v) is 7.34. The molecule has 0 aromatic heterocycles. The van der Waals surface area contributed by atoms with Crippen LogP contribution in [0.25, 0.3) is 21.5 Å². The minimum absolute atomic E-state index is 0.0756. The van der Waals surface area contributed by atoms with E-state index in [0.717, 1.165) is 29.5 Å². The summed E-state index contributed by atoms with van der Waals surface area (Å²) in [6.45, 7) is 5.46. The molecule has 0 saturated carbocycles. The lowest BCUT2D eigenvalue weighted by Gasteiger charge is -2.32. The van der Waals surface area contributed by atoms with Gasteiger partial charge in [-0.1, -0.05) is 30.3 Å². The second-order valence-corrected chi connectivity index (χ2v) is 10.9. The maximum Gasteiger partial charge on any atom is 0.316 e. The highest BCUT2D eigenvalue weighted by Crippen LogP contribution is 2.57. The Balaban J connectivity index is 1.93. The number of anilines is 1. The Morgan fingerprint density at radius 2 is 1.59 bits per heavy atom. The van der Waals surface area contributed by atoms with Crippen LogP contribution in [0.3, 0.4) is 0 Å². The fraction of sp³-hybridized carbons (Fsp3) is 0.344. The molecule has 7 nitrogen and oxygen atoms in total. The van der Waals surface area contributed by atoms with Gasteiger partial charge in [0.15, 0.2) is 0 Å². The van der Waals surface area contributed by atoms with Gasteiger partial charge >= 0.3 is 5.97 Å². The van der Waals surface area contributed by atoms with Gasteiger partial charge in [0, 0.05) is 22.2 Å². The first-order chi connectivity index (χ1) is 18.7. The molecule has 0 radical (unpaired) electrons. The number of fused-ring (bicyclic) bond motifs is 3. The van der Waals surface area contributed by atoms with Crippen LogP contribution in [0, 0.1) is 5.41 Å². The number of esters is 1. The van der Waals surface area contributed by atoms with Gasteiger partial charge in [-0.15, -0.1) is 0 Å². The lowest BCUT2D eigenvalue weighted by molar-refractivity contribution is -0.142. The van der Waals surface area contributed by atoms with Crippen molar-refractivity contribution in [1.82, 2.24) is 0 Å². The first-order valence-corrected chi connectivity index (χ1v) is 13.2. The van der Waals surface area contributed by atoms with Gasteiger partial charge in [-0.25, -0.2) is 0 Å². The number of para-hydroxylation sites is 1. The van der Waals surface area contributed by atoms with Crippen LogP contribution in [0.2, 0.25) is 0 Å². The molecule has 0 saturated heterocycles. The van der Waals surface area contributed by atoms with Crippen molar-refractivity contribution in [3.63, 3.8) is 0 Å². The number of phenolic OH excluding ortho intramolecular Hbond substituents is 1. The van der Waals surface area contributed by atoms with Crippen LogP contribution in [0.1, 0.15) is 50.8 Å². The minimum Gasteiger partial charge on any atom is -0.507 e. The molecular weight excluding hydrogens is 494 g/mol. The molecule has 4 aromatic carbocycles. The maximum absolute atomic E-state index is 13.3. The summed E-state index contributed by atoms with van der Waals surface area (Å²) in [5, 5.41) is 18.0. The molecule has 7 heteroatoms. The van der Waals surface area contributed by atoms with E-state index in [1.54, 1.807) is 21.3 Å². The molecule has 1 unspecified atom stereocenters. The zero-order valence-corrected chi connectivity index (χ0v) is 23.3. The molecule has 0 bridgehead atoms. The standard InChI is InChI=1S/C32H35NO6/c1-32(2,3)31(35)39-29-19-14-10-16-21(33-18-12-8-7-9-13-18)23(19)27(34)25-26(29)28(37-5)20-15-11-17-22(36-4)24(20)30(25)38-6/h7-9,11-13,15,17,21,33-34H,10,14,16H2,1-6H3. The maximum atomic E-state index is 13.3. The number of ether oxygens (including phenoxy) is 4. The van der Waals surface area contributed by atoms with Gasteiger partial charge in [0.2, 0.25) is 0 Å². The molecule has 0 spiro atoms. The number of methoxy groups -OCH3 is 3. The van der Waals surface area contributed by atoms with E-state index in [0.29, 0.717) is 51.1 Å². The van der Waals surface area contributed by atoms with Crippen molar-refractivity contribution in [3.8, 4) is 28.7 Å². The Hall–Kier alpha value is -4.13. The largest absolute Gasteiger partial charge is 0.507 e. The number of hydrogen-bond acceptors (Lipinski definition) is 7. The van der Waals surface area contributed by atoms with Crippen LogP contribution in [0.15, 0.2) is 48.5 Å². The molecule has 5 rings (SSSR count). The highest BCUT2D eigenvalue weighted by Gasteiger charge is 2.36. The molecule has 0 aliphatic heterocycles. The van der Waals surface area contributed by atoms with Crippen LogP contribution >= 0.6 is 0 Å². The molecule has 1 atom stereocenters. The quantitative estimate of drug-likeness (QED) is 0.156. The van der Waals surface area contributed by atoms with Gasteiger partial charge in [0.05, 0.1) is 48.9 Å². The number of hydrogen-bond donors (Lipinski definition) is 2. The second kappa shape index (κ2) is 10.2. The van der Waals surface area contributed by atoms with E-state index in [-0.39, 0.29) is 17.8 Å². The topological polar surface area (TPSA) is 86.3 Å². The first kappa shape index (κ1) is 26.5. The third kappa shape index (κ3) is 4.46. The lowest BCUT2D eigenvalue weighted by Crippen LogP contribution is -2.27. The van der Waals surface area contributed by atoms with Crippen LogP contribution in [0.4, 0.5) is 5.69 Å². The molecule has 0 amide bonds. The Kier molecular flexibility index (Phi) is 6.93. The summed E-state index contributed by atoms with van der Waals surface area (Å²) in [6.07, 6.45) is 2.29. The van der Waals surface area contributed by atoms with Gasteiger partial charge in [0.25, 0.3) is 0 Å². The zero-order chi connectivity index (χ0) is 27.9. The van der Waals surface area contributed by atoms with Crippen molar-refractivity contribution in [3.05, 3.63) is 59.7 Å². The Morgan fingerprint density at radius 3 is 2.23 bits per heavy atom. The van der Waals surface area contributed by atoms with Crippen LogP contribution < -0.4 is 24.3 Å². The minimum atomic E-state index is -0.745. The Labute approximate surface area is 228 Å². The Morgan fingerprint density at radius 1 is 0.872 bits per heavy atom. The first-order valence-electron chi connectivity index (χ1n) is 13.2. The van der Waals surface area contributed by atoms with Gasteiger partial charge < -0.3 is 29.4 Å². The fourth-order valence-electron chi connectivity index (χ4n) is 5.51. The molecule has 1 aliphatic rings. The number of rotatable bonds is 6. The molecule has 204 valence electrons. The van der Waals surface area contributed by atoms with Crippen molar-refractivity contribution in [2.24, 2.45) is 5.41 Å². The van der Waals surface area contributed by atoms with E-state index in [4.69, 9.17) is 18.9 Å². The number of phenols is 1. The molecule has 2 N–H and O–H groups in total. The van der Waals surface area contributed by atoms with E-state index < -0.39 is 5.41 Å². The molecule has 1 aliphatic carbocycles. The van der Waals surface area contributed by atoms with E-state index in [2.05, 4.69) is 5.32 Å². The van der Waals surface area contributed by atoms with Crippen molar-refractivity contribution in [2.75, 3.05) is 26.6 Å². The summed E-state index contributed by atoms with van der Waals surface area (Å²) < 4.78 is 23.9. The zero-order valence-electron chi connectivity index (χ0n) is 23.3. The summed E-state index contributed by atoms with van der Waals surface area (Å²) in [4.78, 5) is 13.3. The van der Waals surface area contributed by atoms with Gasteiger partial charge in [-0.3, -0.25) is 4.79 Å². The highest BCUT2D eigenvalue weighted by molar-refractivity contribution is 6.18. The number of carbonyl (C=O) groups excluding carboxylic acids is 1. The second-order valence-electron chi connectivity index (χ2n) is 10.9. The molecular formula is C32H35NO6. The molecule has 0 heterocycles. The van der Waals surface area contributed by atoms with E-state index in [1.807, 2.05) is 69.3 Å². The van der Waals surface area contributed by atoms with Crippen molar-refractivity contribution in [1.29, 1.82) is 0 Å². The van der Waals surface area contributed by atoms with Gasteiger partial charge in [0.1, 0.15) is 28.7 Å². The summed E-state index contributed by atoms with van der Waals surface area (Å²) in [6, 6.07) is 15.3. The van der Waals surface area contributed by atoms with Crippen LogP contribution in [-0.2, 0) is 11.2 Å². The average Bonchev–Trinajstić information content (AvgIpc) is 2.93. The average molecular weight is 530 g/mol. The molecule has 0 fully saturated rings. The van der Waals surface area contributed by atoms with E-state index in [1.165, 1.54) is 0 Å². The Bertz CT molecular complexity index is 1560. The number of aromatic hydroxyl groups is 1. The smallest absolute Gasteiger partial charge is 0.316 e. The predicted molar refractivity (Wildman–Crippen MR) is 154 cm³/mol. The van der Waals surface area contributed by atoms with Crippen molar-refractivity contribution >= 4 is 33.2 Å². The SMILES string of the molecule is COc1cccc2c(OC)c3c(OC(=O)C(C)(C)C)c4c(c(O)c3c(OC)c12)C(Nc1ccccc1)CCC4. The third-order valence-electron chi connectivity index (χ3n) is 7.34. The summed E-state index contributed by atoms with van der Waals surface area (Å²) >= 11 is 0. The monoisotopic (exact) mass is 529 g/mol.